The molecular formula is C22H38IN5O. The summed E-state index contributed by atoms with van der Waals surface area (Å²) in [5.74, 6) is 0.892. The lowest BCUT2D eigenvalue weighted by molar-refractivity contribution is -0.120. The highest BCUT2D eigenvalue weighted by molar-refractivity contribution is 14.0. The third kappa shape index (κ3) is 9.80. The van der Waals surface area contributed by atoms with Gasteiger partial charge in [-0.05, 0) is 38.7 Å². The van der Waals surface area contributed by atoms with Crippen LogP contribution in [-0.4, -0.2) is 55.0 Å². The first kappa shape index (κ1) is 25.7. The molecule has 2 rings (SSSR count). The zero-order valence-corrected chi connectivity index (χ0v) is 20.4. The lowest BCUT2D eigenvalue weighted by atomic mass is 9.97. The van der Waals surface area contributed by atoms with Gasteiger partial charge >= 0.3 is 0 Å². The van der Waals surface area contributed by atoms with Crippen molar-refractivity contribution in [3.63, 3.8) is 0 Å². The summed E-state index contributed by atoms with van der Waals surface area (Å²) in [4.78, 5) is 18.9. The Bertz CT molecular complexity index is 610. The number of piperidine rings is 1. The number of carbonyl (C=O) groups is 1. The largest absolute Gasteiger partial charge is 0.357 e. The zero-order chi connectivity index (χ0) is 20.2. The fourth-order valence-corrected chi connectivity index (χ4v) is 3.54. The molecule has 7 heteroatoms. The molecule has 0 aliphatic carbocycles. The van der Waals surface area contributed by atoms with Gasteiger partial charge in [-0.2, -0.15) is 0 Å². The van der Waals surface area contributed by atoms with Crippen LogP contribution in [0, 0.1) is 0 Å². The van der Waals surface area contributed by atoms with Gasteiger partial charge in [-0.15, -0.1) is 24.0 Å². The number of amides is 1. The second kappa shape index (κ2) is 14.6. The van der Waals surface area contributed by atoms with Crippen molar-refractivity contribution in [2.45, 2.75) is 65.1 Å². The first-order valence-electron chi connectivity index (χ1n) is 10.7. The Hall–Kier alpha value is -1.35. The predicted octanol–water partition coefficient (Wildman–Crippen LogP) is 3.13. The summed E-state index contributed by atoms with van der Waals surface area (Å²) in [5, 5.41) is 9.77. The van der Waals surface area contributed by atoms with Crippen molar-refractivity contribution in [1.82, 2.24) is 20.9 Å². The van der Waals surface area contributed by atoms with E-state index in [1.54, 1.807) is 0 Å². The van der Waals surface area contributed by atoms with Gasteiger partial charge in [-0.25, -0.2) is 0 Å². The summed E-state index contributed by atoms with van der Waals surface area (Å²) in [6.45, 7) is 10.6. The Labute approximate surface area is 193 Å². The molecule has 1 amide bonds. The monoisotopic (exact) mass is 515 g/mol. The summed E-state index contributed by atoms with van der Waals surface area (Å²) in [6.07, 6.45) is 3.58. The quantitative estimate of drug-likeness (QED) is 0.269. The smallest absolute Gasteiger partial charge is 0.221 e. The van der Waals surface area contributed by atoms with E-state index in [0.717, 1.165) is 51.4 Å². The highest BCUT2D eigenvalue weighted by atomic mass is 127. The number of nitrogens with one attached hydrogen (secondary N) is 3. The number of guanidine groups is 1. The van der Waals surface area contributed by atoms with E-state index in [0.29, 0.717) is 25.0 Å². The van der Waals surface area contributed by atoms with E-state index in [1.807, 2.05) is 0 Å². The third-order valence-corrected chi connectivity index (χ3v) is 5.11. The van der Waals surface area contributed by atoms with Gasteiger partial charge in [0.1, 0.15) is 0 Å². The van der Waals surface area contributed by atoms with E-state index in [9.17, 15) is 4.79 Å². The second-order valence-electron chi connectivity index (χ2n) is 7.53. The molecule has 0 radical (unpaired) electrons. The minimum Gasteiger partial charge on any atom is -0.357 e. The van der Waals surface area contributed by atoms with Crippen molar-refractivity contribution in [1.29, 1.82) is 0 Å². The summed E-state index contributed by atoms with van der Waals surface area (Å²) in [7, 11) is 0. The molecule has 0 saturated carbocycles. The molecule has 29 heavy (non-hydrogen) atoms. The lowest BCUT2D eigenvalue weighted by Crippen LogP contribution is -2.51. The number of carbonyl (C=O) groups excluding carboxylic acids is 1. The Morgan fingerprint density at radius 2 is 1.97 bits per heavy atom. The second-order valence-corrected chi connectivity index (χ2v) is 7.53. The van der Waals surface area contributed by atoms with Crippen LogP contribution in [0.4, 0.5) is 0 Å². The summed E-state index contributed by atoms with van der Waals surface area (Å²) in [5.41, 5.74) is 1.37. The molecule has 1 aliphatic heterocycles. The maximum atomic E-state index is 11.7. The Balaban J connectivity index is 0.00000420. The number of nitrogens with zero attached hydrogens (tertiary/aromatic N) is 2. The third-order valence-electron chi connectivity index (χ3n) is 5.11. The average Bonchev–Trinajstić information content (AvgIpc) is 2.69. The van der Waals surface area contributed by atoms with E-state index in [2.05, 4.69) is 76.9 Å². The van der Waals surface area contributed by atoms with Crippen molar-refractivity contribution in [3.8, 4) is 0 Å². The minimum atomic E-state index is 0. The Kier molecular flexibility index (Phi) is 12.9. The first-order chi connectivity index (χ1) is 13.6. The van der Waals surface area contributed by atoms with Crippen LogP contribution < -0.4 is 16.0 Å². The van der Waals surface area contributed by atoms with Gasteiger partial charge in [-0.3, -0.25) is 14.7 Å². The van der Waals surface area contributed by atoms with E-state index in [-0.39, 0.29) is 29.9 Å². The molecule has 0 aromatic heterocycles. The van der Waals surface area contributed by atoms with Crippen LogP contribution in [0.1, 0.15) is 52.0 Å². The maximum Gasteiger partial charge on any atom is 0.221 e. The summed E-state index contributed by atoms with van der Waals surface area (Å²) < 4.78 is 0. The number of hydrogen-bond acceptors (Lipinski definition) is 3. The number of rotatable bonds is 9. The number of aliphatic imine (C=N–C) groups is 1. The number of benzene rings is 1. The molecule has 1 aromatic rings. The van der Waals surface area contributed by atoms with Gasteiger partial charge in [0, 0.05) is 44.7 Å². The normalized spacial score (nSPS) is 19.9. The molecule has 0 spiro atoms. The SMILES string of the molecule is CCCNC(=O)CCN=C(NCC)NC1CCN(Cc2ccccc2)C(C)C1.I. The molecule has 0 bridgehead atoms. The molecule has 164 valence electrons. The topological polar surface area (TPSA) is 68.8 Å². The summed E-state index contributed by atoms with van der Waals surface area (Å²) in [6, 6.07) is 11.6. The highest BCUT2D eigenvalue weighted by Gasteiger charge is 2.25. The molecule has 1 aliphatic rings. The number of hydrogen-bond donors (Lipinski definition) is 3. The van der Waals surface area contributed by atoms with Gasteiger partial charge < -0.3 is 16.0 Å². The molecule has 6 nitrogen and oxygen atoms in total. The first-order valence-corrected chi connectivity index (χ1v) is 10.7. The lowest BCUT2D eigenvalue weighted by Gasteiger charge is -2.38. The number of likely N-dealkylation sites (tertiary alicyclic amines) is 1. The van der Waals surface area contributed by atoms with Gasteiger partial charge in [0.2, 0.25) is 5.91 Å². The maximum absolute atomic E-state index is 11.7. The van der Waals surface area contributed by atoms with Gasteiger partial charge in [0.05, 0.1) is 6.54 Å². The fraction of sp³-hybridized carbons (Fsp3) is 0.636. The molecular weight excluding hydrogens is 477 g/mol. The molecule has 1 fully saturated rings. The highest BCUT2D eigenvalue weighted by Crippen LogP contribution is 2.19. The summed E-state index contributed by atoms with van der Waals surface area (Å²) >= 11 is 0. The molecule has 1 aromatic carbocycles. The standard InChI is InChI=1S/C22H37N5O.HI/c1-4-13-24-21(28)11-14-25-22(23-5-2)26-20-12-15-27(18(3)16-20)17-19-9-7-6-8-10-19;/h6-10,18,20H,4-5,11-17H2,1-3H3,(H,24,28)(H2,23,25,26);1H. The molecule has 2 atom stereocenters. The molecule has 2 unspecified atom stereocenters. The van der Waals surface area contributed by atoms with Gasteiger partial charge in [-0.1, -0.05) is 37.3 Å². The average molecular weight is 515 g/mol. The van der Waals surface area contributed by atoms with E-state index >= 15 is 0 Å². The Morgan fingerprint density at radius 1 is 1.21 bits per heavy atom. The van der Waals surface area contributed by atoms with Crippen LogP contribution in [0.5, 0.6) is 0 Å². The van der Waals surface area contributed by atoms with Crippen LogP contribution >= 0.6 is 24.0 Å². The van der Waals surface area contributed by atoms with Gasteiger partial charge in [0.15, 0.2) is 5.96 Å². The van der Waals surface area contributed by atoms with Crippen LogP contribution in [-0.2, 0) is 11.3 Å². The van der Waals surface area contributed by atoms with Crippen molar-refractivity contribution in [2.24, 2.45) is 4.99 Å². The Morgan fingerprint density at radius 3 is 2.62 bits per heavy atom. The van der Waals surface area contributed by atoms with Crippen LogP contribution in [0.25, 0.3) is 0 Å². The van der Waals surface area contributed by atoms with Gasteiger partial charge in [0.25, 0.3) is 0 Å². The van der Waals surface area contributed by atoms with Crippen molar-refractivity contribution < 1.29 is 4.79 Å². The molecule has 1 saturated heterocycles. The molecule has 3 N–H and O–H groups in total. The fourth-order valence-electron chi connectivity index (χ4n) is 3.54. The zero-order valence-electron chi connectivity index (χ0n) is 18.1. The number of halogens is 1. The van der Waals surface area contributed by atoms with Crippen LogP contribution in [0.15, 0.2) is 35.3 Å². The van der Waals surface area contributed by atoms with Crippen LogP contribution in [0.3, 0.4) is 0 Å². The van der Waals surface area contributed by atoms with E-state index < -0.39 is 0 Å². The predicted molar refractivity (Wildman–Crippen MR) is 132 cm³/mol. The van der Waals surface area contributed by atoms with E-state index in [4.69, 9.17) is 0 Å². The molecule has 1 heterocycles. The minimum absolute atomic E-state index is 0. The van der Waals surface area contributed by atoms with Crippen molar-refractivity contribution in [3.05, 3.63) is 35.9 Å². The van der Waals surface area contributed by atoms with Crippen LogP contribution in [0.2, 0.25) is 0 Å². The van der Waals surface area contributed by atoms with Crippen molar-refractivity contribution >= 4 is 35.8 Å². The van der Waals surface area contributed by atoms with E-state index in [1.165, 1.54) is 5.56 Å². The van der Waals surface area contributed by atoms with Crippen molar-refractivity contribution in [2.75, 3.05) is 26.2 Å².